The van der Waals surface area contributed by atoms with Gasteiger partial charge in [0.15, 0.2) is 0 Å². The lowest BCUT2D eigenvalue weighted by Crippen LogP contribution is -2.56. The minimum absolute atomic E-state index is 0.175. The van der Waals surface area contributed by atoms with Crippen molar-refractivity contribution in [2.45, 2.75) is 56.8 Å². The molecule has 12 nitrogen and oxygen atoms in total. The van der Waals surface area contributed by atoms with Crippen LogP contribution >= 0.6 is 11.8 Å². The van der Waals surface area contributed by atoms with Crippen LogP contribution in [0.25, 0.3) is 10.9 Å². The molecule has 37 heavy (non-hydrogen) atoms. The zero-order valence-corrected chi connectivity index (χ0v) is 21.5. The Hall–Kier alpha value is -3.58. The third kappa shape index (κ3) is 9.10. The standard InChI is InChI=1S/C24H33N5O7S/c1-13(21(32)29-19(24(35)36)9-10-37-2)27-23(34)18(7-8-20(30)31)28-22(33)16(25)11-14-12-26-17-6-4-3-5-15(14)17/h3-6,12-13,16,18-19,26H,7-11,25H2,1-2H3,(H,27,34)(H,28,33)(H,29,32)(H,30,31)(H,35,36). The van der Waals surface area contributed by atoms with Crippen LogP contribution in [0.4, 0.5) is 0 Å². The van der Waals surface area contributed by atoms with Crippen molar-refractivity contribution in [1.82, 2.24) is 20.9 Å². The second-order valence-corrected chi connectivity index (χ2v) is 9.56. The molecule has 2 rings (SSSR count). The zero-order valence-electron chi connectivity index (χ0n) is 20.7. The van der Waals surface area contributed by atoms with Crippen LogP contribution in [0.15, 0.2) is 30.5 Å². The molecule has 202 valence electrons. The van der Waals surface area contributed by atoms with Crippen molar-refractivity contribution in [2.24, 2.45) is 5.73 Å². The van der Waals surface area contributed by atoms with Crippen LogP contribution in [-0.2, 0) is 30.4 Å². The van der Waals surface area contributed by atoms with Crippen molar-refractivity contribution in [3.05, 3.63) is 36.0 Å². The molecule has 1 heterocycles. The summed E-state index contributed by atoms with van der Waals surface area (Å²) in [6, 6.07) is 2.96. The molecule has 2 aromatic rings. The highest BCUT2D eigenvalue weighted by Crippen LogP contribution is 2.18. The van der Waals surface area contributed by atoms with Gasteiger partial charge in [0.25, 0.3) is 0 Å². The molecule has 1 aromatic heterocycles. The van der Waals surface area contributed by atoms with Gasteiger partial charge in [-0.3, -0.25) is 19.2 Å². The molecular formula is C24H33N5O7S. The number of amides is 3. The number of rotatable bonds is 15. The highest BCUT2D eigenvalue weighted by atomic mass is 32.2. The summed E-state index contributed by atoms with van der Waals surface area (Å²) in [7, 11) is 0. The number of hydrogen-bond acceptors (Lipinski definition) is 7. The first-order valence-electron chi connectivity index (χ1n) is 11.7. The second kappa shape index (κ2) is 14.2. The van der Waals surface area contributed by atoms with Gasteiger partial charge >= 0.3 is 11.9 Å². The molecule has 0 aliphatic carbocycles. The van der Waals surface area contributed by atoms with Crippen LogP contribution in [0.2, 0.25) is 0 Å². The summed E-state index contributed by atoms with van der Waals surface area (Å²) in [5.74, 6) is -4.01. The summed E-state index contributed by atoms with van der Waals surface area (Å²) in [5.41, 5.74) is 7.77. The molecule has 0 saturated heterocycles. The Balaban J connectivity index is 2.03. The quantitative estimate of drug-likeness (QED) is 0.166. The first-order valence-corrected chi connectivity index (χ1v) is 13.1. The third-order valence-corrected chi connectivity index (χ3v) is 6.35. The first kappa shape index (κ1) is 29.6. The largest absolute Gasteiger partial charge is 0.481 e. The summed E-state index contributed by atoms with van der Waals surface area (Å²) in [6.45, 7) is 1.36. The van der Waals surface area contributed by atoms with Crippen LogP contribution in [-0.4, -0.2) is 81.0 Å². The average molecular weight is 536 g/mol. The first-order chi connectivity index (χ1) is 17.5. The van der Waals surface area contributed by atoms with Crippen molar-refractivity contribution >= 4 is 52.3 Å². The van der Waals surface area contributed by atoms with Gasteiger partial charge in [-0.05, 0) is 49.8 Å². The lowest BCUT2D eigenvalue weighted by atomic mass is 10.0. The van der Waals surface area contributed by atoms with Crippen molar-refractivity contribution < 1.29 is 34.2 Å². The van der Waals surface area contributed by atoms with Gasteiger partial charge < -0.3 is 36.9 Å². The van der Waals surface area contributed by atoms with Gasteiger partial charge in [0.05, 0.1) is 6.04 Å². The zero-order chi connectivity index (χ0) is 27.5. The lowest BCUT2D eigenvalue weighted by Gasteiger charge is -2.23. The summed E-state index contributed by atoms with van der Waals surface area (Å²) in [6.07, 6.45) is 3.29. The molecule has 1 aromatic carbocycles. The number of hydrogen-bond donors (Lipinski definition) is 7. The maximum absolute atomic E-state index is 12.8. The monoisotopic (exact) mass is 535 g/mol. The number of benzene rings is 1. The van der Waals surface area contributed by atoms with Gasteiger partial charge in [0.2, 0.25) is 17.7 Å². The SMILES string of the molecule is CSCCC(NC(=O)C(C)NC(=O)C(CCC(=O)O)NC(=O)C(N)Cc1c[nH]c2ccccc12)C(=O)O. The fraction of sp³-hybridized carbons (Fsp3) is 0.458. The van der Waals surface area contributed by atoms with Crippen molar-refractivity contribution in [1.29, 1.82) is 0 Å². The molecule has 4 unspecified atom stereocenters. The van der Waals surface area contributed by atoms with Gasteiger partial charge in [-0.25, -0.2) is 4.79 Å². The van der Waals surface area contributed by atoms with E-state index >= 15 is 0 Å². The van der Waals surface area contributed by atoms with E-state index in [0.717, 1.165) is 16.5 Å². The number of fused-ring (bicyclic) bond motifs is 1. The Labute approximate surface area is 218 Å². The van der Waals surface area contributed by atoms with Gasteiger partial charge in [-0.15, -0.1) is 0 Å². The smallest absolute Gasteiger partial charge is 0.326 e. The number of carboxylic acid groups (broad SMARTS) is 2. The molecule has 0 aliphatic rings. The number of thioether (sulfide) groups is 1. The van der Waals surface area contributed by atoms with E-state index in [1.807, 2.05) is 30.5 Å². The molecule has 0 radical (unpaired) electrons. The summed E-state index contributed by atoms with van der Waals surface area (Å²) >= 11 is 1.43. The van der Waals surface area contributed by atoms with Crippen molar-refractivity contribution in [2.75, 3.05) is 12.0 Å². The number of aromatic amines is 1. The second-order valence-electron chi connectivity index (χ2n) is 8.57. The van der Waals surface area contributed by atoms with E-state index in [1.54, 1.807) is 6.20 Å². The molecule has 4 atom stereocenters. The maximum Gasteiger partial charge on any atom is 0.326 e. The Morgan fingerprint density at radius 2 is 1.65 bits per heavy atom. The summed E-state index contributed by atoms with van der Waals surface area (Å²) in [5, 5.41) is 26.5. The summed E-state index contributed by atoms with van der Waals surface area (Å²) < 4.78 is 0. The van der Waals surface area contributed by atoms with E-state index in [9.17, 15) is 29.1 Å². The highest BCUT2D eigenvalue weighted by Gasteiger charge is 2.29. The average Bonchev–Trinajstić information content (AvgIpc) is 3.26. The molecule has 0 fully saturated rings. The van der Waals surface area contributed by atoms with Crippen LogP contribution in [0.5, 0.6) is 0 Å². The number of aliphatic carboxylic acids is 2. The molecule has 0 spiro atoms. The third-order valence-electron chi connectivity index (χ3n) is 5.71. The molecule has 13 heteroatoms. The lowest BCUT2D eigenvalue weighted by molar-refractivity contribution is -0.142. The molecular weight excluding hydrogens is 502 g/mol. The Bertz CT molecular complexity index is 1120. The molecule has 0 saturated carbocycles. The van der Waals surface area contributed by atoms with Crippen LogP contribution < -0.4 is 21.7 Å². The predicted octanol–water partition coefficient (Wildman–Crippen LogP) is 0.215. The van der Waals surface area contributed by atoms with Gasteiger partial charge in [-0.1, -0.05) is 18.2 Å². The Kier molecular flexibility index (Phi) is 11.4. The minimum atomic E-state index is -1.26. The van der Waals surface area contributed by atoms with Crippen LogP contribution in [0.3, 0.4) is 0 Å². The predicted molar refractivity (Wildman–Crippen MR) is 139 cm³/mol. The topological polar surface area (TPSA) is 204 Å². The van der Waals surface area contributed by atoms with E-state index in [-0.39, 0.29) is 19.3 Å². The van der Waals surface area contributed by atoms with Gasteiger partial charge in [0, 0.05) is 23.5 Å². The number of carbonyl (C=O) groups excluding carboxylic acids is 3. The van der Waals surface area contributed by atoms with E-state index in [2.05, 4.69) is 20.9 Å². The minimum Gasteiger partial charge on any atom is -0.481 e. The normalized spacial score (nSPS) is 14.2. The molecule has 0 aliphatic heterocycles. The number of nitrogens with two attached hydrogens (primary N) is 1. The number of aromatic nitrogens is 1. The Morgan fingerprint density at radius 1 is 0.973 bits per heavy atom. The number of nitrogens with one attached hydrogen (secondary N) is 4. The maximum atomic E-state index is 12.8. The number of para-hydroxylation sites is 1. The fourth-order valence-corrected chi connectivity index (χ4v) is 4.09. The number of carbonyl (C=O) groups is 5. The number of H-pyrrole nitrogens is 1. The van der Waals surface area contributed by atoms with Crippen LogP contribution in [0, 0.1) is 0 Å². The van der Waals surface area contributed by atoms with E-state index in [0.29, 0.717) is 5.75 Å². The van der Waals surface area contributed by atoms with Crippen molar-refractivity contribution in [3.63, 3.8) is 0 Å². The van der Waals surface area contributed by atoms with Gasteiger partial charge in [-0.2, -0.15) is 11.8 Å². The van der Waals surface area contributed by atoms with E-state index < -0.39 is 60.2 Å². The highest BCUT2D eigenvalue weighted by molar-refractivity contribution is 7.98. The molecule has 0 bridgehead atoms. The fourth-order valence-electron chi connectivity index (χ4n) is 3.61. The van der Waals surface area contributed by atoms with Gasteiger partial charge in [0.1, 0.15) is 18.1 Å². The molecule has 8 N–H and O–H groups in total. The number of carboxylic acids is 2. The summed E-state index contributed by atoms with van der Waals surface area (Å²) in [4.78, 5) is 63.7. The van der Waals surface area contributed by atoms with E-state index in [4.69, 9.17) is 10.8 Å². The molecule has 3 amide bonds. The van der Waals surface area contributed by atoms with Crippen LogP contribution in [0.1, 0.15) is 31.7 Å². The van der Waals surface area contributed by atoms with Crippen molar-refractivity contribution in [3.8, 4) is 0 Å². The van der Waals surface area contributed by atoms with E-state index in [1.165, 1.54) is 18.7 Å². The Morgan fingerprint density at radius 3 is 2.30 bits per heavy atom.